The molecule has 3 rings (SSSR count). The summed E-state index contributed by atoms with van der Waals surface area (Å²) in [4.78, 5) is 2.48. The van der Waals surface area contributed by atoms with Crippen molar-refractivity contribution in [2.75, 3.05) is 43.5 Å². The molecule has 2 aliphatic rings. The van der Waals surface area contributed by atoms with Crippen LogP contribution in [0.25, 0.3) is 0 Å². The number of hydrogen-bond acceptors (Lipinski definition) is 4. The van der Waals surface area contributed by atoms with Crippen molar-refractivity contribution < 1.29 is 4.74 Å². The standard InChI is InChI=1S/C12H17N3O/c1-16-11-4-2-3-10-12(11)14-8-9-7-13-5-6-15(9)10/h2-4,9,13-14H,5-8H2,1H3. The highest BCUT2D eigenvalue weighted by atomic mass is 16.5. The van der Waals surface area contributed by atoms with Gasteiger partial charge in [-0.2, -0.15) is 0 Å². The molecule has 1 saturated heterocycles. The van der Waals surface area contributed by atoms with E-state index in [1.807, 2.05) is 6.07 Å². The van der Waals surface area contributed by atoms with Crippen LogP contribution in [0.1, 0.15) is 0 Å². The van der Waals surface area contributed by atoms with Crippen LogP contribution >= 0.6 is 0 Å². The molecule has 0 saturated carbocycles. The second-order valence-corrected chi connectivity index (χ2v) is 4.29. The number of piperazine rings is 1. The van der Waals surface area contributed by atoms with Crippen molar-refractivity contribution in [1.82, 2.24) is 5.32 Å². The fourth-order valence-corrected chi connectivity index (χ4v) is 2.59. The molecule has 1 fully saturated rings. The molecule has 0 spiro atoms. The zero-order valence-electron chi connectivity index (χ0n) is 9.49. The van der Waals surface area contributed by atoms with E-state index >= 15 is 0 Å². The van der Waals surface area contributed by atoms with Crippen molar-refractivity contribution in [2.24, 2.45) is 0 Å². The van der Waals surface area contributed by atoms with E-state index in [0.717, 1.165) is 37.6 Å². The van der Waals surface area contributed by atoms with Crippen LogP contribution in [0.4, 0.5) is 11.4 Å². The van der Waals surface area contributed by atoms with Crippen molar-refractivity contribution in [3.05, 3.63) is 18.2 Å². The summed E-state index contributed by atoms with van der Waals surface area (Å²) in [5, 5.41) is 6.91. The van der Waals surface area contributed by atoms with Crippen LogP contribution in [-0.2, 0) is 0 Å². The van der Waals surface area contributed by atoms with E-state index in [0.29, 0.717) is 6.04 Å². The molecule has 0 bridgehead atoms. The minimum absolute atomic E-state index is 0.563. The maximum Gasteiger partial charge on any atom is 0.144 e. The van der Waals surface area contributed by atoms with Gasteiger partial charge in [-0.15, -0.1) is 0 Å². The Hall–Kier alpha value is -1.42. The molecule has 1 aromatic rings. The van der Waals surface area contributed by atoms with E-state index in [2.05, 4.69) is 27.7 Å². The normalized spacial score (nSPS) is 23.1. The van der Waals surface area contributed by atoms with Gasteiger partial charge in [0.1, 0.15) is 11.4 Å². The summed E-state index contributed by atoms with van der Waals surface area (Å²) in [6.07, 6.45) is 0. The first-order valence-electron chi connectivity index (χ1n) is 5.78. The first-order chi connectivity index (χ1) is 7.90. The number of rotatable bonds is 1. The summed E-state index contributed by atoms with van der Waals surface area (Å²) in [6.45, 7) is 4.18. The fraction of sp³-hybridized carbons (Fsp3) is 0.500. The molecule has 2 aliphatic heterocycles. The van der Waals surface area contributed by atoms with Crippen LogP contribution in [0.3, 0.4) is 0 Å². The average Bonchev–Trinajstić information content (AvgIpc) is 2.37. The Morgan fingerprint density at radius 1 is 1.38 bits per heavy atom. The third kappa shape index (κ3) is 1.41. The Morgan fingerprint density at radius 3 is 3.19 bits per heavy atom. The van der Waals surface area contributed by atoms with Gasteiger partial charge in [-0.3, -0.25) is 0 Å². The Bertz CT molecular complexity index is 394. The number of benzene rings is 1. The molecule has 1 aromatic carbocycles. The Balaban J connectivity index is 2.01. The molecule has 86 valence electrons. The van der Waals surface area contributed by atoms with Crippen LogP contribution in [0.15, 0.2) is 18.2 Å². The van der Waals surface area contributed by atoms with Crippen molar-refractivity contribution in [3.63, 3.8) is 0 Å². The number of nitrogens with one attached hydrogen (secondary N) is 2. The zero-order valence-corrected chi connectivity index (χ0v) is 9.49. The largest absolute Gasteiger partial charge is 0.495 e. The van der Waals surface area contributed by atoms with Gasteiger partial charge < -0.3 is 20.3 Å². The molecule has 0 amide bonds. The topological polar surface area (TPSA) is 36.5 Å². The van der Waals surface area contributed by atoms with Crippen molar-refractivity contribution in [3.8, 4) is 5.75 Å². The second-order valence-electron chi connectivity index (χ2n) is 4.29. The van der Waals surface area contributed by atoms with Gasteiger partial charge in [0.05, 0.1) is 18.8 Å². The molecule has 1 unspecified atom stereocenters. The van der Waals surface area contributed by atoms with Gasteiger partial charge in [0.25, 0.3) is 0 Å². The number of hydrogen-bond donors (Lipinski definition) is 2. The number of ether oxygens (including phenoxy) is 1. The second kappa shape index (κ2) is 3.87. The number of methoxy groups -OCH3 is 1. The third-order valence-corrected chi connectivity index (χ3v) is 3.40. The lowest BCUT2D eigenvalue weighted by Crippen LogP contribution is -2.56. The summed E-state index contributed by atoms with van der Waals surface area (Å²) < 4.78 is 5.39. The fourth-order valence-electron chi connectivity index (χ4n) is 2.59. The monoisotopic (exact) mass is 219 g/mol. The van der Waals surface area contributed by atoms with E-state index < -0.39 is 0 Å². The van der Waals surface area contributed by atoms with Crippen LogP contribution in [0.5, 0.6) is 5.75 Å². The predicted octanol–water partition coefficient (Wildman–Crippen LogP) is 0.899. The average molecular weight is 219 g/mol. The number of anilines is 2. The van der Waals surface area contributed by atoms with Crippen molar-refractivity contribution in [2.45, 2.75) is 6.04 Å². The van der Waals surface area contributed by atoms with Crippen LogP contribution in [0.2, 0.25) is 0 Å². The van der Waals surface area contributed by atoms with Gasteiger partial charge in [-0.1, -0.05) is 6.07 Å². The van der Waals surface area contributed by atoms with Gasteiger partial charge in [0.15, 0.2) is 0 Å². The number of fused-ring (bicyclic) bond motifs is 3. The summed E-state index contributed by atoms with van der Waals surface area (Å²) in [5.74, 6) is 0.939. The number of nitrogens with zero attached hydrogens (tertiary/aromatic N) is 1. The highest BCUT2D eigenvalue weighted by molar-refractivity contribution is 5.79. The molecule has 1 atom stereocenters. The van der Waals surface area contributed by atoms with E-state index in [1.54, 1.807) is 7.11 Å². The van der Waals surface area contributed by atoms with Crippen molar-refractivity contribution >= 4 is 11.4 Å². The van der Waals surface area contributed by atoms with E-state index in [9.17, 15) is 0 Å². The molecule has 0 aromatic heterocycles. The van der Waals surface area contributed by atoms with Crippen LogP contribution in [0, 0.1) is 0 Å². The molecule has 4 nitrogen and oxygen atoms in total. The minimum atomic E-state index is 0.563. The maximum absolute atomic E-state index is 5.39. The lowest BCUT2D eigenvalue weighted by molar-refractivity contribution is 0.413. The van der Waals surface area contributed by atoms with Gasteiger partial charge in [0, 0.05) is 26.2 Å². The molecule has 4 heteroatoms. The van der Waals surface area contributed by atoms with Crippen LogP contribution in [-0.4, -0.2) is 39.3 Å². The van der Waals surface area contributed by atoms with Crippen LogP contribution < -0.4 is 20.3 Å². The van der Waals surface area contributed by atoms with E-state index in [4.69, 9.17) is 4.74 Å². The van der Waals surface area contributed by atoms with Gasteiger partial charge in [0.2, 0.25) is 0 Å². The first kappa shape index (κ1) is 9.78. The molecule has 0 aliphatic carbocycles. The maximum atomic E-state index is 5.39. The van der Waals surface area contributed by atoms with Gasteiger partial charge in [-0.05, 0) is 12.1 Å². The lowest BCUT2D eigenvalue weighted by atomic mass is 10.1. The summed E-state index contributed by atoms with van der Waals surface area (Å²) in [6, 6.07) is 6.80. The highest BCUT2D eigenvalue weighted by Gasteiger charge is 2.29. The number of para-hydroxylation sites is 1. The zero-order chi connectivity index (χ0) is 11.0. The SMILES string of the molecule is COc1cccc2c1NCC1CNCCN21. The third-order valence-electron chi connectivity index (χ3n) is 3.40. The molecule has 0 radical (unpaired) electrons. The lowest BCUT2D eigenvalue weighted by Gasteiger charge is -2.43. The first-order valence-corrected chi connectivity index (χ1v) is 5.78. The molecule has 2 N–H and O–H groups in total. The Labute approximate surface area is 95.6 Å². The summed E-state index contributed by atoms with van der Waals surface area (Å²) in [5.41, 5.74) is 2.42. The smallest absolute Gasteiger partial charge is 0.144 e. The predicted molar refractivity (Wildman–Crippen MR) is 65.5 cm³/mol. The molecule has 16 heavy (non-hydrogen) atoms. The van der Waals surface area contributed by atoms with E-state index in [1.165, 1.54) is 5.69 Å². The minimum Gasteiger partial charge on any atom is -0.495 e. The summed E-state index contributed by atoms with van der Waals surface area (Å²) in [7, 11) is 1.72. The van der Waals surface area contributed by atoms with E-state index in [-0.39, 0.29) is 0 Å². The van der Waals surface area contributed by atoms with Crippen molar-refractivity contribution in [1.29, 1.82) is 0 Å². The molecule has 2 heterocycles. The van der Waals surface area contributed by atoms with Gasteiger partial charge in [-0.25, -0.2) is 0 Å². The quantitative estimate of drug-likeness (QED) is 0.736. The summed E-state index contributed by atoms with van der Waals surface area (Å²) >= 11 is 0. The Morgan fingerprint density at radius 2 is 2.31 bits per heavy atom. The highest BCUT2D eigenvalue weighted by Crippen LogP contribution is 2.38. The Kier molecular flexibility index (Phi) is 2.36. The van der Waals surface area contributed by atoms with Gasteiger partial charge >= 0.3 is 0 Å². The molecular formula is C12H17N3O. The molecular weight excluding hydrogens is 202 g/mol.